The van der Waals surface area contributed by atoms with Gasteiger partial charge in [-0.1, -0.05) is 47.6 Å². The van der Waals surface area contributed by atoms with Gasteiger partial charge in [-0.2, -0.15) is 0 Å². The fourth-order valence-electron chi connectivity index (χ4n) is 2.23. The minimum Gasteiger partial charge on any atom is -0.463 e. The number of hydrogen-bond acceptors (Lipinski definition) is 5. The fraction of sp³-hybridized carbons (Fsp3) is 0.929. The molecule has 3 nitrogen and oxygen atoms in total. The number of ether oxygens (including phenoxy) is 1. The summed E-state index contributed by atoms with van der Waals surface area (Å²) >= 11 is 0. The molecule has 20 heavy (non-hydrogen) atoms. The maximum absolute atomic E-state index is 11.6. The summed E-state index contributed by atoms with van der Waals surface area (Å²) in [6.45, 7) is 6.78. The zero-order valence-corrected chi connectivity index (χ0v) is 15.5. The Hall–Kier alpha value is 0.347. The van der Waals surface area contributed by atoms with Gasteiger partial charge in [-0.05, 0) is 25.3 Å². The highest BCUT2D eigenvalue weighted by Crippen LogP contribution is 2.39. The van der Waals surface area contributed by atoms with Crippen LogP contribution in [-0.2, 0) is 9.53 Å². The first-order valence-electron chi connectivity index (χ1n) is 7.49. The van der Waals surface area contributed by atoms with Crippen LogP contribution in [0.15, 0.2) is 0 Å². The van der Waals surface area contributed by atoms with Crippen molar-refractivity contribution in [3.8, 4) is 0 Å². The second kappa shape index (κ2) is 9.38. The Balaban J connectivity index is 1.99. The van der Waals surface area contributed by atoms with Crippen molar-refractivity contribution in [2.24, 2.45) is 0 Å². The van der Waals surface area contributed by atoms with Crippen molar-refractivity contribution in [2.75, 3.05) is 12.4 Å². The molecule has 1 heterocycles. The van der Waals surface area contributed by atoms with Crippen molar-refractivity contribution in [3.63, 3.8) is 0 Å². The lowest BCUT2D eigenvalue weighted by atomic mass is 10.1. The lowest BCUT2D eigenvalue weighted by Gasteiger charge is -2.20. The predicted octanol–water partition coefficient (Wildman–Crippen LogP) is 3.94. The molecule has 1 fully saturated rings. The van der Waals surface area contributed by atoms with Gasteiger partial charge in [-0.15, -0.1) is 0 Å². The van der Waals surface area contributed by atoms with E-state index >= 15 is 0 Å². The van der Waals surface area contributed by atoms with E-state index in [-0.39, 0.29) is 12.6 Å². The van der Waals surface area contributed by atoms with Gasteiger partial charge < -0.3 is 9.84 Å². The molecule has 0 aliphatic carbocycles. The molecule has 1 N–H and O–H groups in total. The molecule has 6 heteroatoms. The third kappa shape index (κ3) is 9.31. The van der Waals surface area contributed by atoms with Crippen molar-refractivity contribution < 1.29 is 14.6 Å². The molecule has 0 amide bonds. The van der Waals surface area contributed by atoms with Crippen LogP contribution in [-0.4, -0.2) is 42.9 Å². The number of esters is 1. The molecular weight excluding hydrogens is 308 g/mol. The van der Waals surface area contributed by atoms with Crippen LogP contribution in [0.5, 0.6) is 0 Å². The van der Waals surface area contributed by atoms with E-state index < -0.39 is 14.2 Å². The van der Waals surface area contributed by atoms with E-state index in [9.17, 15) is 9.90 Å². The standard InChI is InChI=1S/C14H28O3S2Si/c1-20(2,3)11-12(15)10-17-14(16)7-5-4-6-13-8-9-18-19-13/h12-13,15H,4-11H2,1-3H3. The normalized spacial score (nSPS) is 20.9. The van der Waals surface area contributed by atoms with Crippen LogP contribution >= 0.6 is 21.6 Å². The van der Waals surface area contributed by atoms with Gasteiger partial charge in [-0.25, -0.2) is 0 Å². The van der Waals surface area contributed by atoms with Crippen LogP contribution in [0.1, 0.15) is 32.1 Å². The van der Waals surface area contributed by atoms with E-state index in [1.54, 1.807) is 0 Å². The van der Waals surface area contributed by atoms with E-state index in [2.05, 4.69) is 19.6 Å². The minimum atomic E-state index is -1.28. The van der Waals surface area contributed by atoms with Crippen LogP contribution < -0.4 is 0 Å². The molecule has 1 aliphatic rings. The van der Waals surface area contributed by atoms with E-state index in [1.165, 1.54) is 18.6 Å². The highest BCUT2D eigenvalue weighted by molar-refractivity contribution is 8.77. The molecule has 118 valence electrons. The number of carbonyl (C=O) groups excluding carboxylic acids is 1. The van der Waals surface area contributed by atoms with Gasteiger partial charge in [0.15, 0.2) is 0 Å². The monoisotopic (exact) mass is 336 g/mol. The molecule has 0 aromatic rings. The molecule has 2 unspecified atom stereocenters. The molecule has 1 saturated heterocycles. The maximum Gasteiger partial charge on any atom is 0.305 e. The zero-order chi connectivity index (χ0) is 15.0. The SMILES string of the molecule is C[Si](C)(C)CC(O)COC(=O)CCCCC1CCSS1. The Morgan fingerprint density at radius 3 is 2.75 bits per heavy atom. The Morgan fingerprint density at radius 1 is 1.40 bits per heavy atom. The summed E-state index contributed by atoms with van der Waals surface area (Å²) in [4.78, 5) is 11.6. The van der Waals surface area contributed by atoms with Gasteiger partial charge in [-0.3, -0.25) is 4.79 Å². The molecule has 0 aromatic carbocycles. The van der Waals surface area contributed by atoms with E-state index in [0.29, 0.717) is 6.42 Å². The third-order valence-electron chi connectivity index (χ3n) is 3.17. The van der Waals surface area contributed by atoms with Gasteiger partial charge in [0.1, 0.15) is 6.61 Å². The second-order valence-electron chi connectivity index (χ2n) is 6.68. The quantitative estimate of drug-likeness (QED) is 0.299. The predicted molar refractivity (Wildman–Crippen MR) is 92.0 cm³/mol. The largest absolute Gasteiger partial charge is 0.463 e. The number of unbranched alkanes of at least 4 members (excludes halogenated alkanes) is 1. The zero-order valence-electron chi connectivity index (χ0n) is 12.9. The Bertz CT molecular complexity index is 289. The Morgan fingerprint density at radius 2 is 2.15 bits per heavy atom. The van der Waals surface area contributed by atoms with E-state index in [0.717, 1.165) is 24.1 Å². The summed E-state index contributed by atoms with van der Waals surface area (Å²) in [6.07, 6.45) is 4.53. The molecule has 2 atom stereocenters. The number of carbonyl (C=O) groups is 1. The van der Waals surface area contributed by atoms with Crippen LogP contribution in [0.25, 0.3) is 0 Å². The number of aliphatic hydroxyl groups is 1. The molecule has 0 radical (unpaired) electrons. The van der Waals surface area contributed by atoms with Crippen LogP contribution in [0, 0.1) is 0 Å². The molecule has 0 bridgehead atoms. The van der Waals surface area contributed by atoms with Gasteiger partial charge in [0.25, 0.3) is 0 Å². The highest BCUT2D eigenvalue weighted by atomic mass is 33.1. The molecule has 0 aromatic heterocycles. The fourth-order valence-corrected chi connectivity index (χ4v) is 6.79. The van der Waals surface area contributed by atoms with Crippen molar-refractivity contribution in [1.82, 2.24) is 0 Å². The van der Waals surface area contributed by atoms with Gasteiger partial charge in [0.05, 0.1) is 6.10 Å². The summed E-state index contributed by atoms with van der Waals surface area (Å²) in [5.41, 5.74) is 0. The summed E-state index contributed by atoms with van der Waals surface area (Å²) in [7, 11) is 2.67. The first-order valence-corrected chi connectivity index (χ1v) is 13.6. The Kier molecular flexibility index (Phi) is 8.63. The van der Waals surface area contributed by atoms with Crippen molar-refractivity contribution in [2.45, 2.75) is 69.1 Å². The van der Waals surface area contributed by atoms with Crippen LogP contribution in [0.4, 0.5) is 0 Å². The third-order valence-corrected chi connectivity index (χ3v) is 7.87. The lowest BCUT2D eigenvalue weighted by molar-refractivity contribution is -0.146. The summed E-state index contributed by atoms with van der Waals surface area (Å²) in [6, 6.07) is 0.789. The molecule has 0 spiro atoms. The van der Waals surface area contributed by atoms with Gasteiger partial charge in [0.2, 0.25) is 0 Å². The summed E-state index contributed by atoms with van der Waals surface area (Å²) in [5, 5.41) is 10.6. The molecule has 1 aliphatic heterocycles. The second-order valence-corrected chi connectivity index (χ2v) is 15.0. The van der Waals surface area contributed by atoms with E-state index in [1.807, 2.05) is 21.6 Å². The maximum atomic E-state index is 11.6. The number of aliphatic hydroxyl groups excluding tert-OH is 1. The van der Waals surface area contributed by atoms with E-state index in [4.69, 9.17) is 4.74 Å². The molecule has 0 saturated carbocycles. The summed E-state index contributed by atoms with van der Waals surface area (Å²) < 4.78 is 5.15. The topological polar surface area (TPSA) is 46.5 Å². The van der Waals surface area contributed by atoms with Gasteiger partial charge >= 0.3 is 5.97 Å². The molecular formula is C14H28O3S2Si. The van der Waals surface area contributed by atoms with Crippen LogP contribution in [0.3, 0.4) is 0 Å². The number of rotatable bonds is 9. The van der Waals surface area contributed by atoms with Crippen molar-refractivity contribution in [1.29, 1.82) is 0 Å². The minimum absolute atomic E-state index is 0.159. The first-order chi connectivity index (χ1) is 9.37. The van der Waals surface area contributed by atoms with Crippen LogP contribution in [0.2, 0.25) is 25.7 Å². The highest BCUT2D eigenvalue weighted by Gasteiger charge is 2.20. The number of hydrogen-bond donors (Lipinski definition) is 1. The average molecular weight is 337 g/mol. The first kappa shape index (κ1) is 18.4. The van der Waals surface area contributed by atoms with Crippen molar-refractivity contribution in [3.05, 3.63) is 0 Å². The smallest absolute Gasteiger partial charge is 0.305 e. The summed E-state index contributed by atoms with van der Waals surface area (Å²) in [5.74, 6) is 1.11. The van der Waals surface area contributed by atoms with Crippen molar-refractivity contribution >= 4 is 35.6 Å². The lowest BCUT2D eigenvalue weighted by Crippen LogP contribution is -2.30. The van der Waals surface area contributed by atoms with Gasteiger partial charge in [0, 0.05) is 25.5 Å². The molecule has 1 rings (SSSR count). The average Bonchev–Trinajstić information content (AvgIpc) is 2.83. The Labute approximate surface area is 132 Å².